The van der Waals surface area contributed by atoms with Gasteiger partial charge in [0.1, 0.15) is 0 Å². The molecule has 1 aliphatic carbocycles. The Morgan fingerprint density at radius 2 is 1.51 bits per heavy atom. The largest absolute Gasteiger partial charge is 0.462 e. The van der Waals surface area contributed by atoms with Gasteiger partial charge in [-0.1, -0.05) is 101 Å². The molecule has 0 radical (unpaired) electrons. The molecule has 0 amide bonds. The molecule has 1 N–H and O–H groups in total. The maximum atomic E-state index is 12.0. The Bertz CT molecular complexity index is 1260. The second-order valence-electron chi connectivity index (χ2n) is 11.1. The first kappa shape index (κ1) is 28.8. The summed E-state index contributed by atoms with van der Waals surface area (Å²) in [5.74, 6) is 1.25. The van der Waals surface area contributed by atoms with Crippen molar-refractivity contribution in [2.24, 2.45) is 5.92 Å². The molecule has 1 fully saturated rings. The molecular formula is C36H44O3. The maximum Gasteiger partial charge on any atom is 0.333 e. The summed E-state index contributed by atoms with van der Waals surface area (Å²) in [7, 11) is 0. The standard InChI is InChI=1S/C36H44O3/c1-5-26(4)36(38)39-22-20-33-24-34(16-15-31(33)19-21-37)35-18-17-32(23-27(35)6-2)30-13-11-29(12-14-30)28-9-7-25(3)8-10-28/h11-18,23-25,28,37H,4-10,19-22H2,1-3H3. The van der Waals surface area contributed by atoms with E-state index in [1.54, 1.807) is 0 Å². The van der Waals surface area contributed by atoms with Crippen LogP contribution in [0.15, 0.2) is 72.8 Å². The highest BCUT2D eigenvalue weighted by atomic mass is 16.5. The molecule has 0 unspecified atom stereocenters. The lowest BCUT2D eigenvalue weighted by Gasteiger charge is -2.26. The highest BCUT2D eigenvalue weighted by Crippen LogP contribution is 2.37. The Balaban J connectivity index is 1.54. The average molecular weight is 525 g/mol. The number of carbonyl (C=O) groups excluding carboxylic acids is 1. The Hall–Kier alpha value is -3.17. The van der Waals surface area contributed by atoms with E-state index >= 15 is 0 Å². The molecule has 0 saturated heterocycles. The normalized spacial score (nSPS) is 17.1. The predicted octanol–water partition coefficient (Wildman–Crippen LogP) is 8.46. The summed E-state index contributed by atoms with van der Waals surface area (Å²) in [5, 5.41) is 9.57. The lowest BCUT2D eigenvalue weighted by atomic mass is 9.79. The molecule has 39 heavy (non-hydrogen) atoms. The quantitative estimate of drug-likeness (QED) is 0.202. The number of rotatable bonds is 11. The first-order valence-corrected chi connectivity index (χ1v) is 14.7. The van der Waals surface area contributed by atoms with Crippen molar-refractivity contribution in [1.82, 2.24) is 0 Å². The van der Waals surface area contributed by atoms with Gasteiger partial charge >= 0.3 is 5.97 Å². The minimum Gasteiger partial charge on any atom is -0.462 e. The fourth-order valence-corrected chi connectivity index (χ4v) is 5.78. The topological polar surface area (TPSA) is 46.5 Å². The lowest BCUT2D eigenvalue weighted by molar-refractivity contribution is -0.139. The molecule has 0 bridgehead atoms. The summed E-state index contributed by atoms with van der Waals surface area (Å²) < 4.78 is 5.44. The second kappa shape index (κ2) is 13.8. The van der Waals surface area contributed by atoms with Crippen LogP contribution in [0.4, 0.5) is 0 Å². The number of hydrogen-bond acceptors (Lipinski definition) is 3. The van der Waals surface area contributed by atoms with Gasteiger partial charge in [0.2, 0.25) is 0 Å². The van der Waals surface area contributed by atoms with Gasteiger partial charge in [-0.2, -0.15) is 0 Å². The number of benzene rings is 3. The minimum atomic E-state index is -0.331. The molecule has 0 aromatic heterocycles. The van der Waals surface area contributed by atoms with Crippen LogP contribution in [0.2, 0.25) is 0 Å². The van der Waals surface area contributed by atoms with Gasteiger partial charge in [-0.25, -0.2) is 4.79 Å². The number of carbonyl (C=O) groups is 1. The Morgan fingerprint density at radius 1 is 0.846 bits per heavy atom. The van der Waals surface area contributed by atoms with Gasteiger partial charge < -0.3 is 9.84 Å². The predicted molar refractivity (Wildman–Crippen MR) is 162 cm³/mol. The van der Waals surface area contributed by atoms with Crippen molar-refractivity contribution in [1.29, 1.82) is 0 Å². The molecule has 0 aliphatic heterocycles. The van der Waals surface area contributed by atoms with Crippen LogP contribution in [-0.4, -0.2) is 24.3 Å². The molecule has 206 valence electrons. The van der Waals surface area contributed by atoms with Crippen LogP contribution < -0.4 is 0 Å². The number of aryl methyl sites for hydroxylation is 1. The Kier molecular flexibility index (Phi) is 10.2. The van der Waals surface area contributed by atoms with Gasteiger partial charge in [0.25, 0.3) is 0 Å². The molecule has 3 aromatic carbocycles. The fraction of sp³-hybridized carbons (Fsp3) is 0.417. The molecule has 0 spiro atoms. The van der Waals surface area contributed by atoms with Crippen LogP contribution in [0.3, 0.4) is 0 Å². The van der Waals surface area contributed by atoms with Gasteiger partial charge in [0.15, 0.2) is 0 Å². The third kappa shape index (κ3) is 7.28. The molecule has 0 heterocycles. The smallest absolute Gasteiger partial charge is 0.333 e. The lowest BCUT2D eigenvalue weighted by Crippen LogP contribution is -2.10. The zero-order valence-electron chi connectivity index (χ0n) is 24.0. The Morgan fingerprint density at radius 3 is 2.18 bits per heavy atom. The van der Waals surface area contributed by atoms with Gasteiger partial charge in [-0.15, -0.1) is 0 Å². The zero-order chi connectivity index (χ0) is 27.8. The number of esters is 1. The highest BCUT2D eigenvalue weighted by Gasteiger charge is 2.19. The fourth-order valence-electron chi connectivity index (χ4n) is 5.78. The first-order valence-electron chi connectivity index (χ1n) is 14.7. The van der Waals surface area contributed by atoms with Crippen molar-refractivity contribution in [3.63, 3.8) is 0 Å². The van der Waals surface area contributed by atoms with Gasteiger partial charge in [0.05, 0.1) is 6.61 Å². The second-order valence-corrected chi connectivity index (χ2v) is 11.1. The number of ether oxygens (including phenoxy) is 1. The molecule has 3 nitrogen and oxygen atoms in total. The van der Waals surface area contributed by atoms with E-state index in [0.717, 1.165) is 29.0 Å². The van der Waals surface area contributed by atoms with Crippen LogP contribution in [0.5, 0.6) is 0 Å². The van der Waals surface area contributed by atoms with Crippen LogP contribution in [0, 0.1) is 5.92 Å². The van der Waals surface area contributed by atoms with Gasteiger partial charge in [-0.3, -0.25) is 0 Å². The SMILES string of the molecule is C=C(CC)C(=O)OCCc1cc(-c2ccc(-c3ccc(C4CCC(C)CC4)cc3)cc2CC)ccc1CCO. The number of aliphatic hydroxyl groups excluding tert-OH is 1. The first-order chi connectivity index (χ1) is 18.9. The molecule has 3 heteroatoms. The van der Waals surface area contributed by atoms with E-state index in [0.29, 0.717) is 37.4 Å². The summed E-state index contributed by atoms with van der Waals surface area (Å²) in [6.45, 7) is 10.6. The average Bonchev–Trinajstić information content (AvgIpc) is 2.97. The molecule has 3 aromatic rings. The zero-order valence-corrected chi connectivity index (χ0v) is 24.0. The summed E-state index contributed by atoms with van der Waals surface area (Å²) in [6, 6.07) is 22.5. The third-order valence-corrected chi connectivity index (χ3v) is 8.44. The van der Waals surface area contributed by atoms with Crippen molar-refractivity contribution >= 4 is 5.97 Å². The summed E-state index contributed by atoms with van der Waals surface area (Å²) >= 11 is 0. The van der Waals surface area contributed by atoms with Crippen LogP contribution in [-0.2, 0) is 28.8 Å². The van der Waals surface area contributed by atoms with Crippen LogP contribution >= 0.6 is 0 Å². The van der Waals surface area contributed by atoms with Crippen molar-refractivity contribution in [2.45, 2.75) is 78.1 Å². The highest BCUT2D eigenvalue weighted by molar-refractivity contribution is 5.87. The number of hydrogen-bond donors (Lipinski definition) is 1. The van der Waals surface area contributed by atoms with E-state index in [1.165, 1.54) is 53.5 Å². The van der Waals surface area contributed by atoms with E-state index in [9.17, 15) is 9.90 Å². The monoisotopic (exact) mass is 524 g/mol. The van der Waals surface area contributed by atoms with E-state index in [4.69, 9.17) is 4.74 Å². The molecule has 0 atom stereocenters. The van der Waals surface area contributed by atoms with Crippen LogP contribution in [0.1, 0.15) is 81.0 Å². The van der Waals surface area contributed by atoms with E-state index in [2.05, 4.69) is 81.1 Å². The summed E-state index contributed by atoms with van der Waals surface area (Å²) in [4.78, 5) is 12.0. The maximum absolute atomic E-state index is 12.0. The van der Waals surface area contributed by atoms with Crippen molar-refractivity contribution in [3.05, 3.63) is 95.1 Å². The van der Waals surface area contributed by atoms with Crippen molar-refractivity contribution in [3.8, 4) is 22.3 Å². The van der Waals surface area contributed by atoms with Crippen molar-refractivity contribution in [2.75, 3.05) is 13.2 Å². The molecule has 4 rings (SSSR count). The van der Waals surface area contributed by atoms with Gasteiger partial charge in [-0.05, 0) is 88.4 Å². The summed E-state index contributed by atoms with van der Waals surface area (Å²) in [6.07, 6.45) is 8.02. The van der Waals surface area contributed by atoms with E-state index in [-0.39, 0.29) is 12.6 Å². The molecular weight excluding hydrogens is 480 g/mol. The van der Waals surface area contributed by atoms with E-state index < -0.39 is 0 Å². The number of aliphatic hydroxyl groups is 1. The summed E-state index contributed by atoms with van der Waals surface area (Å²) in [5.41, 5.74) is 10.4. The minimum absolute atomic E-state index is 0.0896. The van der Waals surface area contributed by atoms with Gasteiger partial charge in [0, 0.05) is 18.6 Å². The molecule has 1 saturated carbocycles. The molecule has 1 aliphatic rings. The van der Waals surface area contributed by atoms with Crippen molar-refractivity contribution < 1.29 is 14.6 Å². The van der Waals surface area contributed by atoms with Crippen LogP contribution in [0.25, 0.3) is 22.3 Å². The van der Waals surface area contributed by atoms with E-state index in [1.807, 2.05) is 6.92 Å². The third-order valence-electron chi connectivity index (χ3n) is 8.44. The Labute approximate surface area is 234 Å².